The van der Waals surface area contributed by atoms with E-state index in [1.807, 2.05) is 7.05 Å². The van der Waals surface area contributed by atoms with E-state index in [0.29, 0.717) is 6.54 Å². The molecule has 0 unspecified atom stereocenters. The van der Waals surface area contributed by atoms with Crippen LogP contribution in [0.2, 0.25) is 0 Å². The SMILES string of the molecule is CCCNCc1cc(F)ccc1-c1cnnn1C. The lowest BCUT2D eigenvalue weighted by molar-refractivity contribution is 0.619. The Hall–Kier alpha value is -1.75. The molecular weight excluding hydrogens is 231 g/mol. The Labute approximate surface area is 106 Å². The van der Waals surface area contributed by atoms with Gasteiger partial charge in [-0.2, -0.15) is 0 Å². The van der Waals surface area contributed by atoms with Gasteiger partial charge in [0.25, 0.3) is 0 Å². The second-order valence-electron chi connectivity index (χ2n) is 4.22. The predicted octanol–water partition coefficient (Wildman–Crippen LogP) is 2.12. The molecule has 0 saturated heterocycles. The van der Waals surface area contributed by atoms with Gasteiger partial charge in [-0.25, -0.2) is 9.07 Å². The number of aromatic nitrogens is 3. The van der Waals surface area contributed by atoms with Crippen LogP contribution in [0, 0.1) is 5.82 Å². The van der Waals surface area contributed by atoms with E-state index in [-0.39, 0.29) is 5.82 Å². The van der Waals surface area contributed by atoms with Gasteiger partial charge in [0, 0.05) is 19.2 Å². The van der Waals surface area contributed by atoms with E-state index in [4.69, 9.17) is 0 Å². The van der Waals surface area contributed by atoms with Crippen molar-refractivity contribution in [3.63, 3.8) is 0 Å². The van der Waals surface area contributed by atoms with Gasteiger partial charge in [-0.1, -0.05) is 12.1 Å². The van der Waals surface area contributed by atoms with Crippen LogP contribution >= 0.6 is 0 Å². The summed E-state index contributed by atoms with van der Waals surface area (Å²) in [4.78, 5) is 0. The molecule has 96 valence electrons. The Morgan fingerprint density at radius 2 is 2.22 bits per heavy atom. The van der Waals surface area contributed by atoms with E-state index < -0.39 is 0 Å². The fraction of sp³-hybridized carbons (Fsp3) is 0.385. The standard InChI is InChI=1S/C13H17FN4/c1-3-6-15-8-10-7-11(14)4-5-12(10)13-9-16-17-18(13)2/h4-5,7,9,15H,3,6,8H2,1-2H3. The number of hydrogen-bond donors (Lipinski definition) is 1. The highest BCUT2D eigenvalue weighted by molar-refractivity contribution is 5.63. The molecule has 5 heteroatoms. The van der Waals surface area contributed by atoms with Crippen LogP contribution in [-0.4, -0.2) is 21.5 Å². The summed E-state index contributed by atoms with van der Waals surface area (Å²) in [6.07, 6.45) is 2.74. The molecule has 0 saturated carbocycles. The predicted molar refractivity (Wildman–Crippen MR) is 68.4 cm³/mol. The summed E-state index contributed by atoms with van der Waals surface area (Å²) in [6.45, 7) is 3.66. The maximum absolute atomic E-state index is 13.3. The first kappa shape index (κ1) is 12.7. The molecule has 2 rings (SSSR count). The van der Waals surface area contributed by atoms with Gasteiger partial charge in [-0.3, -0.25) is 0 Å². The fourth-order valence-electron chi connectivity index (χ4n) is 1.89. The first-order chi connectivity index (χ1) is 8.72. The van der Waals surface area contributed by atoms with Crippen molar-refractivity contribution < 1.29 is 4.39 Å². The molecule has 0 bridgehead atoms. The number of hydrogen-bond acceptors (Lipinski definition) is 3. The highest BCUT2D eigenvalue weighted by Crippen LogP contribution is 2.23. The lowest BCUT2D eigenvalue weighted by Crippen LogP contribution is -2.15. The summed E-state index contributed by atoms with van der Waals surface area (Å²) in [5.74, 6) is -0.220. The van der Waals surface area contributed by atoms with Crippen LogP contribution in [0.5, 0.6) is 0 Å². The number of aryl methyl sites for hydroxylation is 1. The molecule has 1 aromatic heterocycles. The monoisotopic (exact) mass is 248 g/mol. The molecule has 2 aromatic rings. The molecule has 1 N–H and O–H groups in total. The molecule has 4 nitrogen and oxygen atoms in total. The van der Waals surface area contributed by atoms with Gasteiger partial charge < -0.3 is 5.32 Å². The van der Waals surface area contributed by atoms with Gasteiger partial charge in [0.15, 0.2) is 0 Å². The number of rotatable bonds is 5. The topological polar surface area (TPSA) is 42.7 Å². The third kappa shape index (κ3) is 2.73. The van der Waals surface area contributed by atoms with Gasteiger partial charge in [0.2, 0.25) is 0 Å². The Balaban J connectivity index is 2.32. The van der Waals surface area contributed by atoms with E-state index in [9.17, 15) is 4.39 Å². The Kier molecular flexibility index (Phi) is 4.04. The molecule has 0 atom stereocenters. The lowest BCUT2D eigenvalue weighted by atomic mass is 10.0. The van der Waals surface area contributed by atoms with Crippen LogP contribution in [0.4, 0.5) is 4.39 Å². The Morgan fingerprint density at radius 1 is 1.39 bits per heavy atom. The first-order valence-corrected chi connectivity index (χ1v) is 6.06. The van der Waals surface area contributed by atoms with Crippen molar-refractivity contribution in [3.05, 3.63) is 35.8 Å². The highest BCUT2D eigenvalue weighted by Gasteiger charge is 2.10. The maximum Gasteiger partial charge on any atom is 0.123 e. The van der Waals surface area contributed by atoms with Crippen molar-refractivity contribution in [2.45, 2.75) is 19.9 Å². The van der Waals surface area contributed by atoms with E-state index in [1.54, 1.807) is 23.0 Å². The van der Waals surface area contributed by atoms with Crippen LogP contribution < -0.4 is 5.32 Å². The van der Waals surface area contributed by atoms with Crippen molar-refractivity contribution in [1.82, 2.24) is 20.3 Å². The van der Waals surface area contributed by atoms with Crippen molar-refractivity contribution in [1.29, 1.82) is 0 Å². The van der Waals surface area contributed by atoms with Gasteiger partial charge in [0.1, 0.15) is 5.82 Å². The van der Waals surface area contributed by atoms with Crippen LogP contribution in [0.15, 0.2) is 24.4 Å². The zero-order valence-electron chi connectivity index (χ0n) is 10.7. The summed E-state index contributed by atoms with van der Waals surface area (Å²) in [5, 5.41) is 11.0. The molecule has 0 aliphatic rings. The third-order valence-electron chi connectivity index (χ3n) is 2.80. The third-order valence-corrected chi connectivity index (χ3v) is 2.80. The average molecular weight is 248 g/mol. The molecule has 18 heavy (non-hydrogen) atoms. The van der Waals surface area contributed by atoms with E-state index in [1.165, 1.54) is 6.07 Å². The number of nitrogens with one attached hydrogen (secondary N) is 1. The second-order valence-corrected chi connectivity index (χ2v) is 4.22. The molecule has 0 radical (unpaired) electrons. The fourth-order valence-corrected chi connectivity index (χ4v) is 1.89. The van der Waals surface area contributed by atoms with Crippen molar-refractivity contribution in [2.75, 3.05) is 6.54 Å². The van der Waals surface area contributed by atoms with E-state index in [2.05, 4.69) is 22.6 Å². The van der Waals surface area contributed by atoms with E-state index in [0.717, 1.165) is 29.8 Å². The molecule has 0 spiro atoms. The number of benzene rings is 1. The van der Waals surface area contributed by atoms with Crippen LogP contribution in [0.25, 0.3) is 11.3 Å². The maximum atomic E-state index is 13.3. The van der Waals surface area contributed by atoms with Crippen molar-refractivity contribution >= 4 is 0 Å². The summed E-state index contributed by atoms with van der Waals surface area (Å²) < 4.78 is 15.0. The first-order valence-electron chi connectivity index (χ1n) is 6.06. The zero-order valence-corrected chi connectivity index (χ0v) is 10.7. The minimum atomic E-state index is -0.220. The van der Waals surface area contributed by atoms with E-state index >= 15 is 0 Å². The Bertz CT molecular complexity index is 521. The smallest absolute Gasteiger partial charge is 0.123 e. The van der Waals surface area contributed by atoms with Gasteiger partial charge in [-0.15, -0.1) is 5.10 Å². The molecule has 1 aromatic carbocycles. The van der Waals surface area contributed by atoms with Gasteiger partial charge in [0.05, 0.1) is 11.9 Å². The van der Waals surface area contributed by atoms with Crippen LogP contribution in [0.1, 0.15) is 18.9 Å². The van der Waals surface area contributed by atoms with Crippen molar-refractivity contribution in [3.8, 4) is 11.3 Å². The largest absolute Gasteiger partial charge is 0.313 e. The highest BCUT2D eigenvalue weighted by atomic mass is 19.1. The molecule has 0 aliphatic heterocycles. The van der Waals surface area contributed by atoms with Crippen molar-refractivity contribution in [2.24, 2.45) is 7.05 Å². The number of nitrogens with zero attached hydrogens (tertiary/aromatic N) is 3. The molecule has 0 aliphatic carbocycles. The average Bonchev–Trinajstić information content (AvgIpc) is 2.76. The molecule has 0 fully saturated rings. The second kappa shape index (κ2) is 5.73. The normalized spacial score (nSPS) is 10.8. The summed E-state index contributed by atoms with van der Waals surface area (Å²) in [6, 6.07) is 4.80. The molecule has 1 heterocycles. The van der Waals surface area contributed by atoms with Crippen LogP contribution in [-0.2, 0) is 13.6 Å². The zero-order chi connectivity index (χ0) is 13.0. The van der Waals surface area contributed by atoms with Gasteiger partial charge >= 0.3 is 0 Å². The quantitative estimate of drug-likeness (QED) is 0.824. The summed E-state index contributed by atoms with van der Waals surface area (Å²) in [5.41, 5.74) is 2.78. The lowest BCUT2D eigenvalue weighted by Gasteiger charge is -2.10. The minimum absolute atomic E-state index is 0.220. The summed E-state index contributed by atoms with van der Waals surface area (Å²) in [7, 11) is 1.83. The summed E-state index contributed by atoms with van der Waals surface area (Å²) >= 11 is 0. The van der Waals surface area contributed by atoms with Crippen LogP contribution in [0.3, 0.4) is 0 Å². The number of halogens is 1. The van der Waals surface area contributed by atoms with Gasteiger partial charge in [-0.05, 0) is 36.7 Å². The Morgan fingerprint density at radius 3 is 2.89 bits per heavy atom. The molecular formula is C13H17FN4. The minimum Gasteiger partial charge on any atom is -0.313 e. The molecule has 0 amide bonds.